The van der Waals surface area contributed by atoms with Gasteiger partial charge in [-0.1, -0.05) is 55.0 Å². The Morgan fingerprint density at radius 1 is 0.750 bits per heavy atom. The zero-order valence-corrected chi connectivity index (χ0v) is 35.6. The molecule has 0 aromatic heterocycles. The number of halogens is 2. The standard InChI is InChI=1S/C44H47Cl2N4O9P/c1-47(38(51)14-3-2-8-20-48-41(54)17-18-42(48)55)21-19-28-22-35-43(33-12-6-4-10-31(28)33)29(24-45)26-49(35)39(52)15-9-16-40(53)50-27-30(25-46)44-34-13-7-5-11-32(34)37(23-36(44)50)59-60(56,57)58/h4-7,10-13,17-18,22-23,29-30H,2-3,8-9,14-16,19-21,24-27H2,1H3,(H2,56,57,58)/t29-,30-/m1/s1. The summed E-state index contributed by atoms with van der Waals surface area (Å²) >= 11 is 12.9. The lowest BCUT2D eigenvalue weighted by molar-refractivity contribution is -0.137. The average Bonchev–Trinajstić information content (AvgIpc) is 3.91. The molecular formula is C44H47Cl2N4O9P. The van der Waals surface area contributed by atoms with Crippen molar-refractivity contribution in [2.45, 2.75) is 63.2 Å². The van der Waals surface area contributed by atoms with Crippen molar-refractivity contribution in [2.75, 3.05) is 54.8 Å². The number of likely N-dealkylation sites (N-methyl/N-ethyl adjacent to an activating group) is 1. The Balaban J connectivity index is 1.00. The molecule has 0 radical (unpaired) electrons. The maximum atomic E-state index is 14.0. The number of hydrogen-bond acceptors (Lipinski definition) is 7. The quantitative estimate of drug-likeness (QED) is 0.0485. The topological polar surface area (TPSA) is 165 Å². The molecule has 0 saturated carbocycles. The summed E-state index contributed by atoms with van der Waals surface area (Å²) in [6, 6.07) is 18.6. The molecule has 13 nitrogen and oxygen atoms in total. The fraction of sp³-hybridized carbons (Fsp3) is 0.386. The number of rotatable bonds is 17. The maximum Gasteiger partial charge on any atom is 0.524 e. The van der Waals surface area contributed by atoms with Crippen LogP contribution >= 0.6 is 31.0 Å². The van der Waals surface area contributed by atoms with Crippen molar-refractivity contribution in [1.29, 1.82) is 0 Å². The number of imide groups is 1. The number of nitrogens with zero attached hydrogens (tertiary/aromatic N) is 4. The smallest absolute Gasteiger partial charge is 0.404 e. The van der Waals surface area contributed by atoms with Crippen LogP contribution in [-0.4, -0.2) is 94.1 Å². The van der Waals surface area contributed by atoms with Gasteiger partial charge < -0.3 is 19.2 Å². The van der Waals surface area contributed by atoms with E-state index in [9.17, 15) is 38.3 Å². The molecule has 3 aliphatic heterocycles. The van der Waals surface area contributed by atoms with Crippen LogP contribution in [0.2, 0.25) is 0 Å². The van der Waals surface area contributed by atoms with E-state index in [4.69, 9.17) is 27.7 Å². The van der Waals surface area contributed by atoms with Crippen LogP contribution in [0.4, 0.5) is 11.4 Å². The molecule has 0 saturated heterocycles. The average molecular weight is 878 g/mol. The van der Waals surface area contributed by atoms with E-state index < -0.39 is 7.82 Å². The molecule has 16 heteroatoms. The molecule has 3 heterocycles. The van der Waals surface area contributed by atoms with Crippen LogP contribution in [0.5, 0.6) is 5.75 Å². The third kappa shape index (κ3) is 9.11. The highest BCUT2D eigenvalue weighted by Gasteiger charge is 2.37. The van der Waals surface area contributed by atoms with Crippen LogP contribution in [0.1, 0.15) is 73.5 Å². The predicted molar refractivity (Wildman–Crippen MR) is 232 cm³/mol. The van der Waals surface area contributed by atoms with Crippen LogP contribution in [0.3, 0.4) is 0 Å². The molecule has 2 N–H and O–H groups in total. The second kappa shape index (κ2) is 18.5. The minimum Gasteiger partial charge on any atom is -0.404 e. The van der Waals surface area contributed by atoms with Gasteiger partial charge in [0.1, 0.15) is 5.75 Å². The molecule has 0 spiro atoms. The number of alkyl halides is 2. The monoisotopic (exact) mass is 876 g/mol. The molecule has 3 aliphatic rings. The molecule has 316 valence electrons. The summed E-state index contributed by atoms with van der Waals surface area (Å²) in [5.74, 6) is -0.782. The van der Waals surface area contributed by atoms with Gasteiger partial charge >= 0.3 is 7.82 Å². The number of carbonyl (C=O) groups excluding carboxylic acids is 5. The van der Waals surface area contributed by atoms with Gasteiger partial charge in [0.2, 0.25) is 17.7 Å². The summed E-state index contributed by atoms with van der Waals surface area (Å²) in [5, 5.41) is 3.24. The molecule has 4 aromatic rings. The molecule has 7 rings (SSSR count). The number of carbonyl (C=O) groups is 5. The molecule has 0 aliphatic carbocycles. The minimum atomic E-state index is -4.91. The summed E-state index contributed by atoms with van der Waals surface area (Å²) in [7, 11) is -3.13. The highest BCUT2D eigenvalue weighted by Crippen LogP contribution is 2.49. The predicted octanol–water partition coefficient (Wildman–Crippen LogP) is 7.16. The van der Waals surface area contributed by atoms with Gasteiger partial charge in [0.05, 0.1) is 5.69 Å². The Morgan fingerprint density at radius 2 is 1.28 bits per heavy atom. The van der Waals surface area contributed by atoms with E-state index in [1.165, 1.54) is 23.1 Å². The lowest BCUT2D eigenvalue weighted by Crippen LogP contribution is -2.32. The molecule has 0 unspecified atom stereocenters. The lowest BCUT2D eigenvalue weighted by Gasteiger charge is -2.22. The Labute approximate surface area is 358 Å². The highest BCUT2D eigenvalue weighted by molar-refractivity contribution is 7.46. The SMILES string of the molecule is CN(CCc1cc2c(c3ccccc13)[C@H](CCl)CN2C(=O)CCCC(=O)N1C[C@@H](CCl)c2c1cc(OP(=O)(O)O)c1ccccc21)C(=O)CCCCCN1C(=O)C=CC1=O. The summed E-state index contributed by atoms with van der Waals surface area (Å²) < 4.78 is 16.9. The van der Waals surface area contributed by atoms with E-state index in [1.54, 1.807) is 39.9 Å². The first-order chi connectivity index (χ1) is 28.8. The van der Waals surface area contributed by atoms with E-state index in [-0.39, 0.29) is 78.8 Å². The van der Waals surface area contributed by atoms with Crippen LogP contribution in [-0.2, 0) is 35.0 Å². The van der Waals surface area contributed by atoms with Crippen molar-refractivity contribution >= 4 is 93.5 Å². The van der Waals surface area contributed by atoms with Crippen LogP contribution in [0, 0.1) is 0 Å². The fourth-order valence-electron chi connectivity index (χ4n) is 8.71. The van der Waals surface area contributed by atoms with Crippen molar-refractivity contribution in [3.05, 3.63) is 89.5 Å². The van der Waals surface area contributed by atoms with Gasteiger partial charge in [-0.25, -0.2) is 4.57 Å². The van der Waals surface area contributed by atoms with Gasteiger partial charge in [0.15, 0.2) is 0 Å². The number of amides is 5. The molecule has 0 bridgehead atoms. The van der Waals surface area contributed by atoms with Gasteiger partial charge in [0.25, 0.3) is 11.8 Å². The van der Waals surface area contributed by atoms with Crippen molar-refractivity contribution in [1.82, 2.24) is 9.80 Å². The van der Waals surface area contributed by atoms with E-state index in [0.717, 1.165) is 33.2 Å². The van der Waals surface area contributed by atoms with Crippen molar-refractivity contribution in [2.24, 2.45) is 0 Å². The van der Waals surface area contributed by atoms with E-state index in [1.807, 2.05) is 30.3 Å². The number of benzene rings is 4. The maximum absolute atomic E-state index is 14.0. The normalized spacial score (nSPS) is 17.2. The van der Waals surface area contributed by atoms with Gasteiger partial charge in [-0.15, -0.1) is 23.2 Å². The summed E-state index contributed by atoms with van der Waals surface area (Å²) in [6.07, 6.45) is 5.86. The van der Waals surface area contributed by atoms with Crippen molar-refractivity contribution in [3.8, 4) is 5.75 Å². The summed E-state index contributed by atoms with van der Waals surface area (Å²) in [6.45, 7) is 1.49. The van der Waals surface area contributed by atoms with Crippen LogP contribution in [0.25, 0.3) is 21.5 Å². The van der Waals surface area contributed by atoms with Crippen LogP contribution in [0.15, 0.2) is 72.8 Å². The van der Waals surface area contributed by atoms with Crippen LogP contribution < -0.4 is 14.3 Å². The van der Waals surface area contributed by atoms with Crippen molar-refractivity contribution < 1.29 is 42.8 Å². The Kier molecular flexibility index (Phi) is 13.3. The second-order valence-electron chi connectivity index (χ2n) is 15.6. The minimum absolute atomic E-state index is 0.00266. The Hall–Kier alpha value is -4.78. The third-order valence-corrected chi connectivity index (χ3v) is 12.8. The first-order valence-electron chi connectivity index (χ1n) is 20.1. The number of phosphoric acid groups is 1. The van der Waals surface area contributed by atoms with Gasteiger partial charge in [-0.2, -0.15) is 0 Å². The molecule has 60 heavy (non-hydrogen) atoms. The zero-order chi connectivity index (χ0) is 42.7. The number of hydrogen-bond donors (Lipinski definition) is 2. The lowest BCUT2D eigenvalue weighted by atomic mass is 9.92. The third-order valence-electron chi connectivity index (χ3n) is 11.7. The van der Waals surface area contributed by atoms with Gasteiger partial charge in [-0.3, -0.25) is 38.7 Å². The number of fused-ring (bicyclic) bond motifs is 6. The number of phosphoric ester groups is 1. The van der Waals surface area contributed by atoms with E-state index in [0.29, 0.717) is 74.1 Å². The van der Waals surface area contributed by atoms with Gasteiger partial charge in [-0.05, 0) is 64.6 Å². The fourth-order valence-corrected chi connectivity index (χ4v) is 9.62. The van der Waals surface area contributed by atoms with Gasteiger partial charge in [0, 0.05) is 105 Å². The molecule has 5 amide bonds. The highest BCUT2D eigenvalue weighted by atomic mass is 35.5. The molecule has 0 fully saturated rings. The number of unbranched alkanes of at least 4 members (excludes halogenated alkanes) is 2. The Morgan fingerprint density at radius 3 is 1.85 bits per heavy atom. The first-order valence-corrected chi connectivity index (χ1v) is 22.7. The largest absolute Gasteiger partial charge is 0.524 e. The molecule has 4 aromatic carbocycles. The molecule has 2 atom stereocenters. The van der Waals surface area contributed by atoms with Crippen molar-refractivity contribution in [3.63, 3.8) is 0 Å². The Bertz CT molecular complexity index is 2420. The number of anilines is 2. The summed E-state index contributed by atoms with van der Waals surface area (Å²) in [4.78, 5) is 90.0. The molecular weight excluding hydrogens is 830 g/mol. The van der Waals surface area contributed by atoms with E-state index >= 15 is 0 Å². The van der Waals surface area contributed by atoms with E-state index in [2.05, 4.69) is 6.07 Å². The first kappa shape index (κ1) is 43.3. The summed E-state index contributed by atoms with van der Waals surface area (Å²) in [5.41, 5.74) is 4.08. The second-order valence-corrected chi connectivity index (χ2v) is 17.3. The zero-order valence-electron chi connectivity index (χ0n) is 33.2.